The van der Waals surface area contributed by atoms with Crippen molar-refractivity contribution in [2.45, 2.75) is 41.5 Å². The van der Waals surface area contributed by atoms with Crippen molar-refractivity contribution in [1.29, 1.82) is 0 Å². The van der Waals surface area contributed by atoms with E-state index in [1.165, 1.54) is 77.2 Å². The van der Waals surface area contributed by atoms with Crippen LogP contribution in [0, 0.1) is 41.5 Å². The van der Waals surface area contributed by atoms with Gasteiger partial charge in [0.1, 0.15) is 0 Å². The van der Waals surface area contributed by atoms with Crippen molar-refractivity contribution in [3.63, 3.8) is 0 Å². The van der Waals surface area contributed by atoms with Crippen molar-refractivity contribution in [1.82, 2.24) is 24.1 Å². The van der Waals surface area contributed by atoms with E-state index in [9.17, 15) is 0 Å². The number of fused-ring (bicyclic) bond motifs is 6. The summed E-state index contributed by atoms with van der Waals surface area (Å²) in [6.07, 6.45) is 0. The predicted octanol–water partition coefficient (Wildman–Crippen LogP) is 17.9. The van der Waals surface area contributed by atoms with Crippen LogP contribution in [-0.2, 0) is 0 Å². The van der Waals surface area contributed by atoms with E-state index in [1.54, 1.807) is 0 Å². The Morgan fingerprint density at radius 2 is 0.649 bits per heavy atom. The first kappa shape index (κ1) is 44.7. The van der Waals surface area contributed by atoms with Crippen molar-refractivity contribution < 1.29 is 0 Å². The van der Waals surface area contributed by atoms with Gasteiger partial charge in [-0.1, -0.05) is 175 Å². The average molecular weight is 952 g/mol. The highest BCUT2D eigenvalue weighted by Crippen LogP contribution is 2.44. The van der Waals surface area contributed by atoms with Gasteiger partial charge in [0, 0.05) is 49.4 Å². The summed E-state index contributed by atoms with van der Waals surface area (Å²) < 4.78 is 4.92. The maximum absolute atomic E-state index is 5.25. The van der Waals surface area contributed by atoms with Crippen LogP contribution in [0.2, 0.25) is 0 Å². The second kappa shape index (κ2) is 17.8. The molecule has 0 spiro atoms. The maximum atomic E-state index is 5.25. The van der Waals surface area contributed by atoms with Gasteiger partial charge in [0.2, 0.25) is 0 Å². The predicted molar refractivity (Wildman–Crippen MR) is 310 cm³/mol. The highest BCUT2D eigenvalue weighted by Gasteiger charge is 2.23. The molecule has 3 aromatic heterocycles. The van der Waals surface area contributed by atoms with E-state index in [-0.39, 0.29) is 0 Å². The molecule has 0 fully saturated rings. The summed E-state index contributed by atoms with van der Waals surface area (Å²) >= 11 is 0. The first-order valence-electron chi connectivity index (χ1n) is 25.5. The second-order valence-electron chi connectivity index (χ2n) is 20.0. The Labute approximate surface area is 431 Å². The van der Waals surface area contributed by atoms with Crippen LogP contribution in [0.15, 0.2) is 212 Å². The van der Waals surface area contributed by atoms with Crippen molar-refractivity contribution >= 4 is 43.6 Å². The highest BCUT2D eigenvalue weighted by molar-refractivity contribution is 6.13. The lowest BCUT2D eigenvalue weighted by molar-refractivity contribution is 1.07. The molecule has 0 bridgehead atoms. The number of aryl methyl sites for hydroxylation is 6. The lowest BCUT2D eigenvalue weighted by Crippen LogP contribution is -2.03. The Morgan fingerprint density at radius 1 is 0.270 bits per heavy atom. The van der Waals surface area contributed by atoms with Gasteiger partial charge in [0.15, 0.2) is 17.5 Å². The van der Waals surface area contributed by atoms with Crippen molar-refractivity contribution in [3.05, 3.63) is 246 Å². The van der Waals surface area contributed by atoms with E-state index < -0.39 is 0 Å². The SMILES string of the molecule is Cc1cc(C)c(-c2ccc3c(c2)c2ccccc2n3-c2ccccc2-c2ccc(-c3nc(-c4ccccc4)nc(-c4ccccc4)n3)cc2-n2c3ccccc3c3cc(-c4c(C)cc(C)cc4C)ccc32)c(C)c1. The van der Waals surface area contributed by atoms with Gasteiger partial charge >= 0.3 is 0 Å². The van der Waals surface area contributed by atoms with Crippen LogP contribution < -0.4 is 0 Å². The highest BCUT2D eigenvalue weighted by atomic mass is 15.0. The molecule has 0 saturated carbocycles. The van der Waals surface area contributed by atoms with Gasteiger partial charge in [-0.3, -0.25) is 0 Å². The molecule has 5 heteroatoms. The van der Waals surface area contributed by atoms with Gasteiger partial charge in [-0.25, -0.2) is 15.0 Å². The molecule has 0 unspecified atom stereocenters. The van der Waals surface area contributed by atoms with Crippen LogP contribution in [-0.4, -0.2) is 24.1 Å². The standard InChI is InChI=1S/C69H53N5/c1-42-35-44(3)65(45(4)36-42)50-30-33-62-57(39-50)54-24-14-17-27-60(54)73(62)59-26-16-13-23-53(59)56-32-29-52(69-71-67(48-19-9-7-10-20-48)70-68(72-69)49-21-11-8-12-22-49)41-64(56)74-61-28-18-15-25-55(61)58-40-51(31-34-63(58)74)66-46(5)37-43(2)38-47(66)6/h7-41H,1-6H3. The normalized spacial score (nSPS) is 11.6. The molecule has 10 aromatic carbocycles. The monoisotopic (exact) mass is 951 g/mol. The summed E-state index contributed by atoms with van der Waals surface area (Å²) in [7, 11) is 0. The van der Waals surface area contributed by atoms with E-state index in [2.05, 4.69) is 227 Å². The number of rotatable bonds is 8. The molecule has 0 aliphatic carbocycles. The van der Waals surface area contributed by atoms with Crippen LogP contribution in [0.1, 0.15) is 33.4 Å². The molecule has 74 heavy (non-hydrogen) atoms. The Bertz CT molecular complexity index is 4260. The van der Waals surface area contributed by atoms with Gasteiger partial charge in [-0.05, 0) is 135 Å². The van der Waals surface area contributed by atoms with Crippen LogP contribution in [0.4, 0.5) is 0 Å². The lowest BCUT2D eigenvalue weighted by atomic mass is 9.93. The second-order valence-corrected chi connectivity index (χ2v) is 20.0. The first-order chi connectivity index (χ1) is 36.2. The number of nitrogens with zero attached hydrogens (tertiary/aromatic N) is 5. The van der Waals surface area contributed by atoms with Crippen molar-refractivity contribution in [2.75, 3.05) is 0 Å². The smallest absolute Gasteiger partial charge is 0.164 e. The molecule has 5 nitrogen and oxygen atoms in total. The Morgan fingerprint density at radius 3 is 1.15 bits per heavy atom. The van der Waals surface area contributed by atoms with Gasteiger partial charge < -0.3 is 9.13 Å². The fraction of sp³-hybridized carbons (Fsp3) is 0.0870. The van der Waals surface area contributed by atoms with Crippen molar-refractivity contribution in [3.8, 4) is 78.9 Å². The summed E-state index contributed by atoms with van der Waals surface area (Å²) in [5.41, 5.74) is 24.3. The third-order valence-electron chi connectivity index (χ3n) is 14.9. The number of hydrogen-bond acceptors (Lipinski definition) is 3. The molecular weight excluding hydrogens is 899 g/mol. The number of para-hydroxylation sites is 3. The van der Waals surface area contributed by atoms with Gasteiger partial charge in [-0.2, -0.15) is 0 Å². The van der Waals surface area contributed by atoms with Crippen LogP contribution in [0.25, 0.3) is 123 Å². The summed E-state index contributed by atoms with van der Waals surface area (Å²) in [4.78, 5) is 15.6. The molecule has 0 aliphatic rings. The maximum Gasteiger partial charge on any atom is 0.164 e. The number of aromatic nitrogens is 5. The molecular formula is C69H53N5. The first-order valence-corrected chi connectivity index (χ1v) is 25.5. The van der Waals surface area contributed by atoms with Gasteiger partial charge in [0.25, 0.3) is 0 Å². The zero-order valence-corrected chi connectivity index (χ0v) is 42.4. The summed E-state index contributed by atoms with van der Waals surface area (Å²) in [5, 5.41) is 4.81. The third-order valence-corrected chi connectivity index (χ3v) is 14.9. The molecule has 0 amide bonds. The summed E-state index contributed by atoms with van der Waals surface area (Å²) in [6, 6.07) is 76.9. The average Bonchev–Trinajstić information content (AvgIpc) is 3.93. The fourth-order valence-corrected chi connectivity index (χ4v) is 12.0. The fourth-order valence-electron chi connectivity index (χ4n) is 12.0. The van der Waals surface area contributed by atoms with E-state index in [0.717, 1.165) is 61.3 Å². The van der Waals surface area contributed by atoms with Crippen molar-refractivity contribution in [2.24, 2.45) is 0 Å². The topological polar surface area (TPSA) is 48.5 Å². The largest absolute Gasteiger partial charge is 0.309 e. The quantitative estimate of drug-likeness (QED) is 0.152. The lowest BCUT2D eigenvalue weighted by Gasteiger charge is -2.20. The molecule has 13 aromatic rings. The van der Waals surface area contributed by atoms with Gasteiger partial charge in [-0.15, -0.1) is 0 Å². The summed E-state index contributed by atoms with van der Waals surface area (Å²) in [5.74, 6) is 1.85. The van der Waals surface area contributed by atoms with E-state index in [4.69, 9.17) is 15.0 Å². The molecule has 0 saturated heterocycles. The van der Waals surface area contributed by atoms with E-state index in [0.29, 0.717) is 17.5 Å². The molecule has 0 aliphatic heterocycles. The molecule has 0 N–H and O–H groups in total. The minimum atomic E-state index is 0.601. The zero-order chi connectivity index (χ0) is 50.2. The number of hydrogen-bond donors (Lipinski definition) is 0. The van der Waals surface area contributed by atoms with Gasteiger partial charge in [0.05, 0.1) is 33.4 Å². The van der Waals surface area contributed by atoms with Crippen LogP contribution in [0.3, 0.4) is 0 Å². The molecule has 0 radical (unpaired) electrons. The van der Waals surface area contributed by atoms with Crippen LogP contribution >= 0.6 is 0 Å². The Hall–Kier alpha value is -9.19. The van der Waals surface area contributed by atoms with E-state index >= 15 is 0 Å². The number of benzene rings is 10. The minimum absolute atomic E-state index is 0.601. The molecule has 13 rings (SSSR count). The van der Waals surface area contributed by atoms with Crippen LogP contribution in [0.5, 0.6) is 0 Å². The summed E-state index contributed by atoms with van der Waals surface area (Å²) in [6.45, 7) is 13.3. The Balaban J connectivity index is 1.08. The Kier molecular flexibility index (Phi) is 10.8. The molecule has 0 atom stereocenters. The zero-order valence-electron chi connectivity index (χ0n) is 42.4. The molecule has 3 heterocycles. The third kappa shape index (κ3) is 7.51. The molecule has 354 valence electrons. The van der Waals surface area contributed by atoms with E-state index in [1.807, 2.05) is 36.4 Å². The minimum Gasteiger partial charge on any atom is -0.309 e.